The molecule has 0 fully saturated rings. The zero-order valence-corrected chi connectivity index (χ0v) is 9.56. The first kappa shape index (κ1) is 11.3. The number of hydrogen-bond donors (Lipinski definition) is 0. The summed E-state index contributed by atoms with van der Waals surface area (Å²) in [6, 6.07) is 8.08. The first-order chi connectivity index (χ1) is 6.74. The molecule has 14 heavy (non-hydrogen) atoms. The summed E-state index contributed by atoms with van der Waals surface area (Å²) in [7, 11) is 0. The second-order valence-corrected chi connectivity index (χ2v) is 4.37. The monoisotopic (exact) mass is 208 g/mol. The van der Waals surface area contributed by atoms with E-state index < -0.39 is 0 Å². The molecule has 0 heterocycles. The van der Waals surface area contributed by atoms with Gasteiger partial charge >= 0.3 is 0 Å². The molecule has 0 spiro atoms. The quantitative estimate of drug-likeness (QED) is 0.740. The minimum atomic E-state index is 0.341. The summed E-state index contributed by atoms with van der Waals surface area (Å²) in [6.07, 6.45) is 3.31. The molecule has 0 atom stereocenters. The van der Waals surface area contributed by atoms with Crippen LogP contribution in [0.3, 0.4) is 0 Å². The summed E-state index contributed by atoms with van der Waals surface area (Å²) < 4.78 is 0. The molecule has 0 N–H and O–H groups in total. The van der Waals surface area contributed by atoms with Crippen molar-refractivity contribution in [2.24, 2.45) is 0 Å². The maximum atomic E-state index is 11.5. The third-order valence-electron chi connectivity index (χ3n) is 2.23. The Labute approximate surface area is 89.9 Å². The van der Waals surface area contributed by atoms with Crippen LogP contribution in [0.15, 0.2) is 24.3 Å². The molecule has 76 valence electrons. The standard InChI is InChI=1S/C12H16OS/c1-10-5-3-4-6-11(10)9-12(13)7-8-14-2/h3-6H,7-9H2,1-2H3. The second kappa shape index (κ2) is 5.86. The summed E-state index contributed by atoms with van der Waals surface area (Å²) in [5.74, 6) is 1.28. The topological polar surface area (TPSA) is 17.1 Å². The minimum absolute atomic E-state index is 0.341. The molecular weight excluding hydrogens is 192 g/mol. The number of carbonyl (C=O) groups is 1. The molecular formula is C12H16OS. The van der Waals surface area contributed by atoms with Gasteiger partial charge in [-0.25, -0.2) is 0 Å². The van der Waals surface area contributed by atoms with Crippen LogP contribution >= 0.6 is 11.8 Å². The summed E-state index contributed by atoms with van der Waals surface area (Å²) in [6.45, 7) is 2.05. The number of Topliss-reactive ketones (excluding diaryl/α,β-unsaturated/α-hetero) is 1. The summed E-state index contributed by atoms with van der Waals surface area (Å²) in [5.41, 5.74) is 2.38. The lowest BCUT2D eigenvalue weighted by atomic mass is 10.0. The maximum absolute atomic E-state index is 11.5. The third-order valence-corrected chi connectivity index (χ3v) is 2.85. The number of hydrogen-bond acceptors (Lipinski definition) is 2. The van der Waals surface area contributed by atoms with Crippen LogP contribution in [0.25, 0.3) is 0 Å². The van der Waals surface area contributed by atoms with Gasteiger partial charge in [-0.3, -0.25) is 4.79 Å². The molecule has 0 aliphatic rings. The highest BCUT2D eigenvalue weighted by atomic mass is 32.2. The summed E-state index contributed by atoms with van der Waals surface area (Å²) in [4.78, 5) is 11.5. The van der Waals surface area contributed by atoms with Crippen molar-refractivity contribution in [2.45, 2.75) is 19.8 Å². The average Bonchev–Trinajstić information content (AvgIpc) is 2.18. The van der Waals surface area contributed by atoms with Crippen LogP contribution in [-0.4, -0.2) is 17.8 Å². The van der Waals surface area contributed by atoms with Crippen molar-refractivity contribution in [3.05, 3.63) is 35.4 Å². The van der Waals surface area contributed by atoms with Gasteiger partial charge in [-0.2, -0.15) is 11.8 Å². The van der Waals surface area contributed by atoms with Gasteiger partial charge in [-0.05, 0) is 30.1 Å². The van der Waals surface area contributed by atoms with Crippen molar-refractivity contribution < 1.29 is 4.79 Å². The SMILES string of the molecule is CSCCC(=O)Cc1ccccc1C. The van der Waals surface area contributed by atoms with E-state index in [1.54, 1.807) is 11.8 Å². The molecule has 0 aromatic heterocycles. The van der Waals surface area contributed by atoms with Crippen LogP contribution in [0.4, 0.5) is 0 Å². The number of benzene rings is 1. The number of aryl methyl sites for hydroxylation is 1. The van der Waals surface area contributed by atoms with Crippen LogP contribution in [0.2, 0.25) is 0 Å². The Hall–Kier alpha value is -0.760. The van der Waals surface area contributed by atoms with Gasteiger partial charge in [-0.1, -0.05) is 24.3 Å². The zero-order chi connectivity index (χ0) is 10.4. The van der Waals surface area contributed by atoms with E-state index in [4.69, 9.17) is 0 Å². The van der Waals surface area contributed by atoms with E-state index in [1.165, 1.54) is 11.1 Å². The molecule has 1 nitrogen and oxygen atoms in total. The van der Waals surface area contributed by atoms with E-state index in [9.17, 15) is 4.79 Å². The fraction of sp³-hybridized carbons (Fsp3) is 0.417. The van der Waals surface area contributed by atoms with Gasteiger partial charge in [0.2, 0.25) is 0 Å². The van der Waals surface area contributed by atoms with Gasteiger partial charge in [0.1, 0.15) is 5.78 Å². The molecule has 0 saturated heterocycles. The van der Waals surface area contributed by atoms with Gasteiger partial charge in [-0.15, -0.1) is 0 Å². The summed E-state index contributed by atoms with van der Waals surface area (Å²) in [5, 5.41) is 0. The van der Waals surface area contributed by atoms with Crippen LogP contribution in [0.1, 0.15) is 17.5 Å². The van der Waals surface area contributed by atoms with E-state index >= 15 is 0 Å². The van der Waals surface area contributed by atoms with E-state index in [0.717, 1.165) is 5.75 Å². The molecule has 0 unspecified atom stereocenters. The molecule has 0 saturated carbocycles. The van der Waals surface area contributed by atoms with E-state index in [0.29, 0.717) is 18.6 Å². The van der Waals surface area contributed by atoms with Gasteiger partial charge in [0.15, 0.2) is 0 Å². The van der Waals surface area contributed by atoms with Crippen LogP contribution in [0, 0.1) is 6.92 Å². The summed E-state index contributed by atoms with van der Waals surface area (Å²) >= 11 is 1.72. The average molecular weight is 208 g/mol. The number of thioether (sulfide) groups is 1. The lowest BCUT2D eigenvalue weighted by molar-refractivity contribution is -0.118. The molecule has 0 aliphatic heterocycles. The fourth-order valence-corrected chi connectivity index (χ4v) is 1.76. The van der Waals surface area contributed by atoms with Crippen molar-refractivity contribution in [2.75, 3.05) is 12.0 Å². The maximum Gasteiger partial charge on any atom is 0.138 e. The van der Waals surface area contributed by atoms with Crippen LogP contribution < -0.4 is 0 Å². The Morgan fingerprint density at radius 2 is 2.07 bits per heavy atom. The van der Waals surface area contributed by atoms with Gasteiger partial charge in [0.25, 0.3) is 0 Å². The Morgan fingerprint density at radius 1 is 1.36 bits per heavy atom. The van der Waals surface area contributed by atoms with Gasteiger partial charge < -0.3 is 0 Å². The largest absolute Gasteiger partial charge is 0.299 e. The first-order valence-corrected chi connectivity index (χ1v) is 6.18. The van der Waals surface area contributed by atoms with Crippen LogP contribution in [0.5, 0.6) is 0 Å². The normalized spacial score (nSPS) is 10.1. The molecule has 1 aromatic carbocycles. The molecule has 1 aromatic rings. The Morgan fingerprint density at radius 3 is 2.71 bits per heavy atom. The minimum Gasteiger partial charge on any atom is -0.299 e. The molecule has 0 aliphatic carbocycles. The van der Waals surface area contributed by atoms with E-state index in [-0.39, 0.29) is 0 Å². The third kappa shape index (κ3) is 3.54. The zero-order valence-electron chi connectivity index (χ0n) is 8.75. The fourth-order valence-electron chi connectivity index (χ4n) is 1.33. The smallest absolute Gasteiger partial charge is 0.138 e. The Bertz CT molecular complexity index is 307. The highest BCUT2D eigenvalue weighted by Crippen LogP contribution is 2.09. The van der Waals surface area contributed by atoms with Crippen LogP contribution in [-0.2, 0) is 11.2 Å². The number of ketones is 1. The first-order valence-electron chi connectivity index (χ1n) is 4.79. The Balaban J connectivity index is 2.52. The highest BCUT2D eigenvalue weighted by Gasteiger charge is 2.04. The second-order valence-electron chi connectivity index (χ2n) is 3.38. The molecule has 0 bridgehead atoms. The Kier molecular flexibility index (Phi) is 4.74. The number of carbonyl (C=O) groups excluding carboxylic acids is 1. The van der Waals surface area contributed by atoms with Crippen molar-refractivity contribution in [3.8, 4) is 0 Å². The van der Waals surface area contributed by atoms with Crippen molar-refractivity contribution in [3.63, 3.8) is 0 Å². The van der Waals surface area contributed by atoms with Crippen molar-refractivity contribution in [1.82, 2.24) is 0 Å². The predicted molar refractivity (Wildman–Crippen MR) is 62.9 cm³/mol. The lowest BCUT2D eigenvalue weighted by Gasteiger charge is -2.03. The van der Waals surface area contributed by atoms with E-state index in [2.05, 4.69) is 13.0 Å². The van der Waals surface area contributed by atoms with Crippen molar-refractivity contribution >= 4 is 17.5 Å². The van der Waals surface area contributed by atoms with Gasteiger partial charge in [0, 0.05) is 12.8 Å². The predicted octanol–water partition coefficient (Wildman–Crippen LogP) is 2.86. The van der Waals surface area contributed by atoms with Crippen molar-refractivity contribution in [1.29, 1.82) is 0 Å². The molecule has 2 heteroatoms. The molecule has 1 rings (SSSR count). The lowest BCUT2D eigenvalue weighted by Crippen LogP contribution is -2.04. The van der Waals surface area contributed by atoms with E-state index in [1.807, 2.05) is 24.5 Å². The molecule has 0 amide bonds. The van der Waals surface area contributed by atoms with Gasteiger partial charge in [0.05, 0.1) is 0 Å². The molecule has 0 radical (unpaired) electrons. The highest BCUT2D eigenvalue weighted by molar-refractivity contribution is 7.98. The number of rotatable bonds is 5.